The summed E-state index contributed by atoms with van der Waals surface area (Å²) >= 11 is 0. The molecule has 0 spiro atoms. The zero-order valence-corrected chi connectivity index (χ0v) is 11.7. The summed E-state index contributed by atoms with van der Waals surface area (Å²) in [4.78, 5) is 0. The minimum absolute atomic E-state index is 0.220. The molecule has 0 aliphatic rings. The minimum atomic E-state index is -0.852. The molecule has 1 atom stereocenters. The van der Waals surface area contributed by atoms with Gasteiger partial charge in [-0.25, -0.2) is 8.78 Å². The van der Waals surface area contributed by atoms with Gasteiger partial charge in [0.25, 0.3) is 0 Å². The van der Waals surface area contributed by atoms with Crippen molar-refractivity contribution < 1.29 is 13.9 Å². The van der Waals surface area contributed by atoms with Crippen molar-refractivity contribution in [1.82, 2.24) is 0 Å². The predicted molar refractivity (Wildman–Crippen MR) is 76.0 cm³/mol. The lowest BCUT2D eigenvalue weighted by molar-refractivity contribution is 0.470. The summed E-state index contributed by atoms with van der Waals surface area (Å²) in [5, 5.41) is 12.8. The van der Waals surface area contributed by atoms with Crippen molar-refractivity contribution >= 4 is 5.69 Å². The molecule has 0 fully saturated rings. The highest BCUT2D eigenvalue weighted by Crippen LogP contribution is 2.29. The zero-order valence-electron chi connectivity index (χ0n) is 11.7. The van der Waals surface area contributed by atoms with Crippen molar-refractivity contribution in [2.24, 2.45) is 0 Å². The number of anilines is 1. The Hall–Kier alpha value is -2.10. The molecule has 0 saturated heterocycles. The van der Waals surface area contributed by atoms with Crippen molar-refractivity contribution in [3.8, 4) is 5.75 Å². The Morgan fingerprint density at radius 2 is 1.80 bits per heavy atom. The van der Waals surface area contributed by atoms with Crippen LogP contribution < -0.4 is 5.32 Å². The Morgan fingerprint density at radius 1 is 1.10 bits per heavy atom. The molecule has 0 amide bonds. The van der Waals surface area contributed by atoms with Crippen LogP contribution in [0.25, 0.3) is 0 Å². The van der Waals surface area contributed by atoms with Crippen LogP contribution in [0, 0.1) is 25.5 Å². The first-order chi connectivity index (χ1) is 9.40. The molecule has 2 aromatic carbocycles. The predicted octanol–water partition coefficient (Wildman–Crippen LogP) is 4.46. The van der Waals surface area contributed by atoms with Gasteiger partial charge in [-0.3, -0.25) is 0 Å². The average Bonchev–Trinajstić information content (AvgIpc) is 2.39. The molecule has 0 aromatic heterocycles. The number of aryl methyl sites for hydroxylation is 2. The second-order valence-corrected chi connectivity index (χ2v) is 4.96. The van der Waals surface area contributed by atoms with Gasteiger partial charge in [-0.2, -0.15) is 0 Å². The highest BCUT2D eigenvalue weighted by Gasteiger charge is 2.15. The van der Waals surface area contributed by atoms with Gasteiger partial charge in [0.1, 0.15) is 5.75 Å². The molecular weight excluding hydrogens is 260 g/mol. The fraction of sp³-hybridized carbons (Fsp3) is 0.250. The van der Waals surface area contributed by atoms with E-state index in [9.17, 15) is 13.9 Å². The summed E-state index contributed by atoms with van der Waals surface area (Å²) in [6.45, 7) is 5.39. The maximum absolute atomic E-state index is 13.7. The first kappa shape index (κ1) is 14.3. The largest absolute Gasteiger partial charge is 0.508 e. The molecule has 0 aliphatic carbocycles. The van der Waals surface area contributed by atoms with Crippen LogP contribution in [0.4, 0.5) is 14.5 Å². The molecule has 2 aromatic rings. The van der Waals surface area contributed by atoms with Crippen molar-refractivity contribution in [2.75, 3.05) is 5.32 Å². The van der Waals surface area contributed by atoms with E-state index in [4.69, 9.17) is 0 Å². The van der Waals surface area contributed by atoms with Gasteiger partial charge in [0.2, 0.25) is 0 Å². The lowest BCUT2D eigenvalue weighted by Crippen LogP contribution is -2.10. The lowest BCUT2D eigenvalue weighted by atomic mass is 10.0. The highest BCUT2D eigenvalue weighted by atomic mass is 19.2. The number of nitrogens with one attached hydrogen (secondary N) is 1. The highest BCUT2D eigenvalue weighted by molar-refractivity contribution is 5.57. The van der Waals surface area contributed by atoms with Crippen LogP contribution in [0.2, 0.25) is 0 Å². The van der Waals surface area contributed by atoms with Crippen LogP contribution in [0.5, 0.6) is 5.75 Å². The van der Waals surface area contributed by atoms with Crippen LogP contribution >= 0.6 is 0 Å². The number of benzene rings is 2. The first-order valence-electron chi connectivity index (χ1n) is 6.40. The molecule has 4 heteroatoms. The van der Waals surface area contributed by atoms with E-state index in [1.165, 1.54) is 6.07 Å². The van der Waals surface area contributed by atoms with Crippen LogP contribution in [-0.2, 0) is 0 Å². The summed E-state index contributed by atoms with van der Waals surface area (Å²) in [6, 6.07) is 7.19. The van der Waals surface area contributed by atoms with E-state index in [0.717, 1.165) is 22.9 Å². The van der Waals surface area contributed by atoms with Gasteiger partial charge in [0.15, 0.2) is 11.6 Å². The Balaban J connectivity index is 2.30. The molecule has 2 rings (SSSR count). The van der Waals surface area contributed by atoms with Gasteiger partial charge in [-0.05, 0) is 50.1 Å². The van der Waals surface area contributed by atoms with E-state index in [-0.39, 0.29) is 17.4 Å². The molecule has 0 saturated carbocycles. The van der Waals surface area contributed by atoms with Gasteiger partial charge in [0.05, 0.1) is 6.04 Å². The third kappa shape index (κ3) is 2.74. The smallest absolute Gasteiger partial charge is 0.164 e. The molecule has 1 unspecified atom stereocenters. The van der Waals surface area contributed by atoms with Crippen LogP contribution in [0.3, 0.4) is 0 Å². The van der Waals surface area contributed by atoms with Gasteiger partial charge in [-0.15, -0.1) is 0 Å². The van der Waals surface area contributed by atoms with E-state index in [1.54, 1.807) is 32.0 Å². The Labute approximate surface area is 117 Å². The number of hydrogen-bond acceptors (Lipinski definition) is 2. The Kier molecular flexibility index (Phi) is 3.93. The molecule has 20 heavy (non-hydrogen) atoms. The van der Waals surface area contributed by atoms with Gasteiger partial charge in [0, 0.05) is 11.3 Å². The second-order valence-electron chi connectivity index (χ2n) is 4.96. The third-order valence-electron chi connectivity index (χ3n) is 3.36. The number of phenols is 1. The SMILES string of the molecule is Cc1cc(NC(C)c2cccc(F)c2F)c(C)cc1O. The van der Waals surface area contributed by atoms with Crippen LogP contribution in [0.15, 0.2) is 30.3 Å². The lowest BCUT2D eigenvalue weighted by Gasteiger charge is -2.19. The van der Waals surface area contributed by atoms with Crippen LogP contribution in [0.1, 0.15) is 29.7 Å². The molecule has 0 bridgehead atoms. The van der Waals surface area contributed by atoms with Crippen molar-refractivity contribution in [3.63, 3.8) is 0 Å². The number of phenolic OH excluding ortho intramolecular Hbond substituents is 1. The second kappa shape index (κ2) is 5.49. The normalized spacial score (nSPS) is 12.2. The molecule has 106 valence electrons. The molecule has 2 N–H and O–H groups in total. The summed E-state index contributed by atoms with van der Waals surface area (Å²) in [5.41, 5.74) is 2.63. The molecule has 0 heterocycles. The Bertz CT molecular complexity index is 641. The number of halogens is 2. The van der Waals surface area contributed by atoms with Gasteiger partial charge in [-0.1, -0.05) is 12.1 Å². The van der Waals surface area contributed by atoms with Gasteiger partial charge < -0.3 is 10.4 Å². The topological polar surface area (TPSA) is 32.3 Å². The van der Waals surface area contributed by atoms with Crippen molar-refractivity contribution in [3.05, 3.63) is 58.7 Å². The third-order valence-corrected chi connectivity index (χ3v) is 3.36. The average molecular weight is 277 g/mol. The van der Waals surface area contributed by atoms with E-state index in [1.807, 2.05) is 6.92 Å². The van der Waals surface area contributed by atoms with E-state index >= 15 is 0 Å². The monoisotopic (exact) mass is 277 g/mol. The summed E-state index contributed by atoms with van der Waals surface area (Å²) < 4.78 is 27.0. The standard InChI is InChI=1S/C16H17F2NO/c1-9-8-15(20)10(2)7-14(9)19-11(3)12-5-4-6-13(17)16(12)18/h4-8,11,19-20H,1-3H3. The van der Waals surface area contributed by atoms with Crippen molar-refractivity contribution in [1.29, 1.82) is 0 Å². The minimum Gasteiger partial charge on any atom is -0.508 e. The van der Waals surface area contributed by atoms with E-state index in [2.05, 4.69) is 5.32 Å². The molecule has 0 aliphatic heterocycles. The maximum Gasteiger partial charge on any atom is 0.164 e. The van der Waals surface area contributed by atoms with Crippen molar-refractivity contribution in [2.45, 2.75) is 26.8 Å². The fourth-order valence-electron chi connectivity index (χ4n) is 2.12. The van der Waals surface area contributed by atoms with E-state index < -0.39 is 11.6 Å². The maximum atomic E-state index is 13.7. The number of hydrogen-bond donors (Lipinski definition) is 2. The number of rotatable bonds is 3. The fourth-order valence-corrected chi connectivity index (χ4v) is 2.12. The van der Waals surface area contributed by atoms with Gasteiger partial charge >= 0.3 is 0 Å². The Morgan fingerprint density at radius 3 is 2.50 bits per heavy atom. The number of aromatic hydroxyl groups is 1. The quantitative estimate of drug-likeness (QED) is 0.812. The molecular formula is C16H17F2NO. The first-order valence-corrected chi connectivity index (χ1v) is 6.40. The summed E-state index contributed by atoms with van der Waals surface area (Å²) in [5.74, 6) is -1.46. The summed E-state index contributed by atoms with van der Waals surface area (Å²) in [7, 11) is 0. The van der Waals surface area contributed by atoms with Crippen LogP contribution in [-0.4, -0.2) is 5.11 Å². The molecule has 2 nitrogen and oxygen atoms in total. The summed E-state index contributed by atoms with van der Waals surface area (Å²) in [6.07, 6.45) is 0. The molecule has 0 radical (unpaired) electrons. The zero-order chi connectivity index (χ0) is 14.9. The van der Waals surface area contributed by atoms with E-state index in [0.29, 0.717) is 0 Å².